The molecule has 2 N–H and O–H groups in total. The summed E-state index contributed by atoms with van der Waals surface area (Å²) < 4.78 is 5.37. The topological polar surface area (TPSA) is 79.4 Å². The lowest BCUT2D eigenvalue weighted by Gasteiger charge is -2.13. The first-order chi connectivity index (χ1) is 11.5. The first kappa shape index (κ1) is 17.5. The first-order valence-corrected chi connectivity index (χ1v) is 7.77. The molecule has 0 unspecified atom stereocenters. The van der Waals surface area contributed by atoms with Crippen LogP contribution in [0.2, 0.25) is 0 Å². The second-order valence-electron chi connectivity index (χ2n) is 5.46. The van der Waals surface area contributed by atoms with Crippen molar-refractivity contribution in [2.45, 2.75) is 20.4 Å². The molecule has 0 aliphatic heterocycles. The molecule has 0 aliphatic rings. The van der Waals surface area contributed by atoms with Crippen LogP contribution in [-0.2, 0) is 6.54 Å². The van der Waals surface area contributed by atoms with Gasteiger partial charge in [-0.05, 0) is 44.2 Å². The standard InChI is InChI=1S/C17H23N5O2/c1-5-24-15-8-6-13(7-9-15)21-17(23)18-11-14-10-12(2)19-16(20-14)22(3)4/h6-10H,5,11H2,1-4H3,(H2,18,21,23). The predicted molar refractivity (Wildman–Crippen MR) is 94.6 cm³/mol. The maximum atomic E-state index is 12.0. The van der Waals surface area contributed by atoms with Crippen molar-refractivity contribution in [1.29, 1.82) is 0 Å². The van der Waals surface area contributed by atoms with Crippen molar-refractivity contribution < 1.29 is 9.53 Å². The number of carbonyl (C=O) groups excluding carboxylic acids is 1. The Kier molecular flexibility index (Phi) is 5.95. The summed E-state index contributed by atoms with van der Waals surface area (Å²) in [6.07, 6.45) is 0. The van der Waals surface area contributed by atoms with Gasteiger partial charge in [0.25, 0.3) is 0 Å². The number of hydrogen-bond donors (Lipinski definition) is 2. The number of benzene rings is 1. The van der Waals surface area contributed by atoms with Gasteiger partial charge >= 0.3 is 6.03 Å². The molecule has 7 heteroatoms. The van der Waals surface area contributed by atoms with Crippen molar-refractivity contribution in [2.75, 3.05) is 30.9 Å². The molecule has 24 heavy (non-hydrogen) atoms. The van der Waals surface area contributed by atoms with Crippen LogP contribution in [-0.4, -0.2) is 36.7 Å². The van der Waals surface area contributed by atoms with Crippen LogP contribution in [0.5, 0.6) is 5.75 Å². The number of aromatic nitrogens is 2. The third-order valence-corrected chi connectivity index (χ3v) is 3.15. The molecule has 0 saturated heterocycles. The SMILES string of the molecule is CCOc1ccc(NC(=O)NCc2cc(C)nc(N(C)C)n2)cc1. The van der Waals surface area contributed by atoms with Gasteiger partial charge in [0.2, 0.25) is 5.95 Å². The molecule has 0 aliphatic carbocycles. The van der Waals surface area contributed by atoms with E-state index in [1.807, 2.05) is 51.0 Å². The maximum Gasteiger partial charge on any atom is 0.319 e. The Morgan fingerprint density at radius 1 is 1.21 bits per heavy atom. The molecule has 1 aromatic carbocycles. The number of rotatable bonds is 6. The molecule has 0 fully saturated rings. The fraction of sp³-hybridized carbons (Fsp3) is 0.353. The quantitative estimate of drug-likeness (QED) is 0.851. The summed E-state index contributed by atoms with van der Waals surface area (Å²) >= 11 is 0. The highest BCUT2D eigenvalue weighted by atomic mass is 16.5. The van der Waals surface area contributed by atoms with Crippen molar-refractivity contribution in [2.24, 2.45) is 0 Å². The van der Waals surface area contributed by atoms with Gasteiger partial charge in [-0.25, -0.2) is 14.8 Å². The van der Waals surface area contributed by atoms with Crippen LogP contribution in [0, 0.1) is 6.92 Å². The van der Waals surface area contributed by atoms with Crippen molar-refractivity contribution in [1.82, 2.24) is 15.3 Å². The van der Waals surface area contributed by atoms with E-state index in [0.29, 0.717) is 24.8 Å². The van der Waals surface area contributed by atoms with Crippen LogP contribution in [0.4, 0.5) is 16.4 Å². The highest BCUT2D eigenvalue weighted by Crippen LogP contribution is 2.15. The summed E-state index contributed by atoms with van der Waals surface area (Å²) in [5.41, 5.74) is 2.31. The average Bonchev–Trinajstić information content (AvgIpc) is 2.54. The average molecular weight is 329 g/mol. The molecule has 128 valence electrons. The van der Waals surface area contributed by atoms with Crippen molar-refractivity contribution in [3.05, 3.63) is 41.7 Å². The zero-order valence-electron chi connectivity index (χ0n) is 14.5. The van der Waals surface area contributed by atoms with Crippen LogP contribution >= 0.6 is 0 Å². The zero-order valence-corrected chi connectivity index (χ0v) is 14.5. The van der Waals surface area contributed by atoms with E-state index < -0.39 is 0 Å². The molecule has 1 aromatic heterocycles. The van der Waals surface area contributed by atoms with Crippen LogP contribution in [0.3, 0.4) is 0 Å². The van der Waals surface area contributed by atoms with Crippen molar-refractivity contribution in [3.8, 4) is 5.75 Å². The van der Waals surface area contributed by atoms with E-state index in [4.69, 9.17) is 4.74 Å². The van der Waals surface area contributed by atoms with Gasteiger partial charge in [-0.2, -0.15) is 0 Å². The smallest absolute Gasteiger partial charge is 0.319 e. The zero-order chi connectivity index (χ0) is 17.5. The Balaban J connectivity index is 1.91. The Morgan fingerprint density at radius 2 is 1.92 bits per heavy atom. The Hall–Kier alpha value is -2.83. The maximum absolute atomic E-state index is 12.0. The molecule has 2 rings (SSSR count). The second-order valence-corrected chi connectivity index (χ2v) is 5.46. The molecule has 0 bridgehead atoms. The largest absolute Gasteiger partial charge is 0.494 e. The Bertz CT molecular complexity index is 686. The van der Waals surface area contributed by atoms with Gasteiger partial charge < -0.3 is 20.3 Å². The molecular weight excluding hydrogens is 306 g/mol. The monoisotopic (exact) mass is 329 g/mol. The molecule has 0 saturated carbocycles. The van der Waals surface area contributed by atoms with E-state index in [9.17, 15) is 4.79 Å². The normalized spacial score (nSPS) is 10.2. The van der Waals surface area contributed by atoms with Crippen molar-refractivity contribution in [3.63, 3.8) is 0 Å². The van der Waals surface area contributed by atoms with E-state index in [0.717, 1.165) is 17.1 Å². The molecule has 7 nitrogen and oxygen atoms in total. The van der Waals surface area contributed by atoms with Gasteiger partial charge in [-0.3, -0.25) is 0 Å². The molecule has 2 amide bonds. The minimum absolute atomic E-state index is 0.290. The molecule has 0 spiro atoms. The van der Waals surface area contributed by atoms with E-state index in [1.165, 1.54) is 0 Å². The van der Waals surface area contributed by atoms with Crippen LogP contribution in [0.15, 0.2) is 30.3 Å². The molecule has 0 atom stereocenters. The molecular formula is C17H23N5O2. The highest BCUT2D eigenvalue weighted by Gasteiger charge is 2.06. The number of aryl methyl sites for hydroxylation is 1. The van der Waals surface area contributed by atoms with Crippen LogP contribution in [0.1, 0.15) is 18.3 Å². The van der Waals surface area contributed by atoms with Gasteiger partial charge in [0.15, 0.2) is 0 Å². The molecule has 1 heterocycles. The lowest BCUT2D eigenvalue weighted by atomic mass is 10.3. The number of amides is 2. The van der Waals surface area contributed by atoms with Gasteiger partial charge in [-0.15, -0.1) is 0 Å². The first-order valence-electron chi connectivity index (χ1n) is 7.77. The van der Waals surface area contributed by atoms with E-state index in [-0.39, 0.29) is 6.03 Å². The van der Waals surface area contributed by atoms with E-state index in [1.54, 1.807) is 12.1 Å². The summed E-state index contributed by atoms with van der Waals surface area (Å²) in [7, 11) is 3.76. The van der Waals surface area contributed by atoms with E-state index >= 15 is 0 Å². The van der Waals surface area contributed by atoms with Crippen molar-refractivity contribution >= 4 is 17.7 Å². The number of anilines is 2. The number of ether oxygens (including phenoxy) is 1. The lowest BCUT2D eigenvalue weighted by molar-refractivity contribution is 0.251. The van der Waals surface area contributed by atoms with Crippen LogP contribution in [0.25, 0.3) is 0 Å². The fourth-order valence-corrected chi connectivity index (χ4v) is 2.05. The van der Waals surface area contributed by atoms with Gasteiger partial charge in [0.1, 0.15) is 5.75 Å². The van der Waals surface area contributed by atoms with E-state index in [2.05, 4.69) is 20.6 Å². The third kappa shape index (κ3) is 5.12. The molecule has 2 aromatic rings. The summed E-state index contributed by atoms with van der Waals surface area (Å²) in [5.74, 6) is 1.40. The second kappa shape index (κ2) is 8.14. The summed E-state index contributed by atoms with van der Waals surface area (Å²) in [4.78, 5) is 22.5. The minimum atomic E-state index is -0.290. The predicted octanol–water partition coefficient (Wildman–Crippen LogP) is 2.57. The van der Waals surface area contributed by atoms with Gasteiger partial charge in [0, 0.05) is 25.5 Å². The highest BCUT2D eigenvalue weighted by molar-refractivity contribution is 5.89. The number of hydrogen-bond acceptors (Lipinski definition) is 5. The Labute approximate surface area is 142 Å². The minimum Gasteiger partial charge on any atom is -0.494 e. The number of urea groups is 1. The van der Waals surface area contributed by atoms with Gasteiger partial charge in [0.05, 0.1) is 18.8 Å². The van der Waals surface area contributed by atoms with Crippen LogP contribution < -0.4 is 20.3 Å². The molecule has 0 radical (unpaired) electrons. The summed E-state index contributed by atoms with van der Waals surface area (Å²) in [5, 5.41) is 5.56. The number of nitrogens with zero attached hydrogens (tertiary/aromatic N) is 3. The third-order valence-electron chi connectivity index (χ3n) is 3.15. The number of carbonyl (C=O) groups is 1. The summed E-state index contributed by atoms with van der Waals surface area (Å²) in [6, 6.07) is 8.78. The fourth-order valence-electron chi connectivity index (χ4n) is 2.05. The number of nitrogens with one attached hydrogen (secondary N) is 2. The lowest BCUT2D eigenvalue weighted by Crippen LogP contribution is -2.29. The Morgan fingerprint density at radius 3 is 2.54 bits per heavy atom. The summed E-state index contributed by atoms with van der Waals surface area (Å²) in [6.45, 7) is 4.77. The van der Waals surface area contributed by atoms with Gasteiger partial charge in [-0.1, -0.05) is 0 Å².